The molecular weight excluding hydrogens is 267 g/mol. The van der Waals surface area contributed by atoms with Crippen LogP contribution in [-0.4, -0.2) is 5.78 Å². The molecule has 0 atom stereocenters. The summed E-state index contributed by atoms with van der Waals surface area (Å²) in [4.78, 5) is 12.1. The first-order chi connectivity index (χ1) is 8.65. The van der Waals surface area contributed by atoms with Gasteiger partial charge in [0.05, 0.1) is 0 Å². The molecule has 1 fully saturated rings. The van der Waals surface area contributed by atoms with Crippen LogP contribution in [0.3, 0.4) is 0 Å². The lowest BCUT2D eigenvalue weighted by Gasteiger charge is -2.20. The molecule has 0 amide bonds. The highest BCUT2D eigenvalue weighted by Gasteiger charge is 2.16. The zero-order valence-electron chi connectivity index (χ0n) is 10.4. The van der Waals surface area contributed by atoms with Gasteiger partial charge in [0.25, 0.3) is 0 Å². The van der Waals surface area contributed by atoms with Crippen molar-refractivity contribution in [3.63, 3.8) is 0 Å². The normalized spacial score (nSPS) is 16.8. The van der Waals surface area contributed by atoms with Gasteiger partial charge in [-0.3, -0.25) is 4.79 Å². The van der Waals surface area contributed by atoms with E-state index in [2.05, 4.69) is 0 Å². The standard InChI is InChI=1S/C15H18Cl2O/c16-13-8-12(9-14(17)10-13)15(18)7-6-11-4-2-1-3-5-11/h8-11H,1-7H2. The van der Waals surface area contributed by atoms with Crippen LogP contribution in [0, 0.1) is 5.92 Å². The molecule has 0 saturated heterocycles. The lowest BCUT2D eigenvalue weighted by Crippen LogP contribution is -2.09. The molecule has 98 valence electrons. The summed E-state index contributed by atoms with van der Waals surface area (Å²) in [5, 5.41) is 1.06. The van der Waals surface area contributed by atoms with Gasteiger partial charge in [-0.25, -0.2) is 0 Å². The number of benzene rings is 1. The van der Waals surface area contributed by atoms with Gasteiger partial charge in [0.15, 0.2) is 5.78 Å². The summed E-state index contributed by atoms with van der Waals surface area (Å²) in [7, 11) is 0. The number of carbonyl (C=O) groups is 1. The van der Waals surface area contributed by atoms with Crippen LogP contribution < -0.4 is 0 Å². The molecule has 0 aliphatic heterocycles. The van der Waals surface area contributed by atoms with Crippen LogP contribution in [0.2, 0.25) is 10.0 Å². The van der Waals surface area contributed by atoms with Crippen molar-refractivity contribution in [1.82, 2.24) is 0 Å². The summed E-state index contributed by atoms with van der Waals surface area (Å²) in [5.74, 6) is 0.891. The Balaban J connectivity index is 1.90. The second kappa shape index (κ2) is 6.58. The lowest BCUT2D eigenvalue weighted by atomic mass is 9.85. The van der Waals surface area contributed by atoms with Crippen LogP contribution in [0.1, 0.15) is 55.3 Å². The Hall–Kier alpha value is -0.530. The first kappa shape index (κ1) is 13.9. The van der Waals surface area contributed by atoms with E-state index in [0.29, 0.717) is 22.0 Å². The van der Waals surface area contributed by atoms with Gasteiger partial charge in [-0.2, -0.15) is 0 Å². The SMILES string of the molecule is O=C(CCC1CCCCC1)c1cc(Cl)cc(Cl)c1. The molecule has 0 heterocycles. The van der Waals surface area contributed by atoms with Crippen molar-refractivity contribution in [2.75, 3.05) is 0 Å². The molecule has 0 unspecified atom stereocenters. The smallest absolute Gasteiger partial charge is 0.162 e. The summed E-state index contributed by atoms with van der Waals surface area (Å²) >= 11 is 11.8. The quantitative estimate of drug-likeness (QED) is 0.664. The third kappa shape index (κ3) is 4.00. The summed E-state index contributed by atoms with van der Waals surface area (Å²) in [5.41, 5.74) is 0.642. The maximum Gasteiger partial charge on any atom is 0.162 e. The molecule has 1 aliphatic rings. The van der Waals surface area contributed by atoms with E-state index in [4.69, 9.17) is 23.2 Å². The fraction of sp³-hybridized carbons (Fsp3) is 0.533. The average Bonchev–Trinajstić information content (AvgIpc) is 2.36. The maximum absolute atomic E-state index is 12.1. The van der Waals surface area contributed by atoms with Crippen molar-refractivity contribution in [3.05, 3.63) is 33.8 Å². The van der Waals surface area contributed by atoms with Gasteiger partial charge in [0.1, 0.15) is 0 Å². The van der Waals surface area contributed by atoms with Gasteiger partial charge in [0, 0.05) is 22.0 Å². The van der Waals surface area contributed by atoms with Crippen LogP contribution in [0.15, 0.2) is 18.2 Å². The van der Waals surface area contributed by atoms with Crippen LogP contribution in [0.4, 0.5) is 0 Å². The average molecular weight is 285 g/mol. The molecule has 0 aromatic heterocycles. The maximum atomic E-state index is 12.1. The highest BCUT2D eigenvalue weighted by molar-refractivity contribution is 6.35. The molecule has 0 N–H and O–H groups in total. The molecule has 18 heavy (non-hydrogen) atoms. The van der Waals surface area contributed by atoms with Gasteiger partial charge in [-0.05, 0) is 30.5 Å². The van der Waals surface area contributed by atoms with Crippen molar-refractivity contribution < 1.29 is 4.79 Å². The first-order valence-corrected chi connectivity index (χ1v) is 7.40. The molecule has 1 aliphatic carbocycles. The third-order valence-electron chi connectivity index (χ3n) is 3.69. The Labute approximate surface area is 118 Å². The Morgan fingerprint density at radius 3 is 2.28 bits per heavy atom. The van der Waals surface area contributed by atoms with Crippen LogP contribution in [0.25, 0.3) is 0 Å². The van der Waals surface area contributed by atoms with E-state index in [1.165, 1.54) is 32.1 Å². The Morgan fingerprint density at radius 1 is 1.06 bits per heavy atom. The summed E-state index contributed by atoms with van der Waals surface area (Å²) < 4.78 is 0. The number of hydrogen-bond acceptors (Lipinski definition) is 1. The van der Waals surface area contributed by atoms with Crippen LogP contribution >= 0.6 is 23.2 Å². The number of ketones is 1. The lowest BCUT2D eigenvalue weighted by molar-refractivity contribution is 0.0970. The molecule has 1 nitrogen and oxygen atoms in total. The molecule has 1 saturated carbocycles. The monoisotopic (exact) mass is 284 g/mol. The minimum Gasteiger partial charge on any atom is -0.294 e. The highest BCUT2D eigenvalue weighted by Crippen LogP contribution is 2.28. The Morgan fingerprint density at radius 2 is 1.67 bits per heavy atom. The highest BCUT2D eigenvalue weighted by atomic mass is 35.5. The van der Waals surface area contributed by atoms with Gasteiger partial charge < -0.3 is 0 Å². The summed E-state index contributed by atoms with van der Waals surface area (Å²) in [6.45, 7) is 0. The van der Waals surface area contributed by atoms with Crippen molar-refractivity contribution in [3.8, 4) is 0 Å². The van der Waals surface area contributed by atoms with Crippen molar-refractivity contribution in [2.45, 2.75) is 44.9 Å². The predicted molar refractivity (Wildman–Crippen MR) is 76.6 cm³/mol. The van der Waals surface area contributed by atoms with Crippen molar-refractivity contribution in [1.29, 1.82) is 0 Å². The largest absolute Gasteiger partial charge is 0.294 e. The van der Waals surface area contributed by atoms with E-state index < -0.39 is 0 Å². The minimum absolute atomic E-state index is 0.157. The van der Waals surface area contributed by atoms with Gasteiger partial charge in [0.2, 0.25) is 0 Å². The van der Waals surface area contributed by atoms with Crippen LogP contribution in [0.5, 0.6) is 0 Å². The minimum atomic E-state index is 0.157. The molecule has 3 heteroatoms. The van der Waals surface area contributed by atoms with E-state index in [1.54, 1.807) is 18.2 Å². The first-order valence-electron chi connectivity index (χ1n) is 6.64. The molecule has 0 bridgehead atoms. The van der Waals surface area contributed by atoms with Gasteiger partial charge in [-0.1, -0.05) is 55.3 Å². The molecule has 1 aromatic rings. The number of halogens is 2. The fourth-order valence-electron chi connectivity index (χ4n) is 2.67. The molecule has 0 radical (unpaired) electrons. The summed E-state index contributed by atoms with van der Waals surface area (Å²) in [6, 6.07) is 5.06. The molecule has 0 spiro atoms. The van der Waals surface area contributed by atoms with Crippen molar-refractivity contribution in [2.24, 2.45) is 5.92 Å². The fourth-order valence-corrected chi connectivity index (χ4v) is 3.20. The number of carbonyl (C=O) groups excluding carboxylic acids is 1. The number of rotatable bonds is 4. The predicted octanol–water partition coefficient (Wildman–Crippen LogP) is 5.54. The second-order valence-electron chi connectivity index (χ2n) is 5.12. The second-order valence-corrected chi connectivity index (χ2v) is 6.00. The Bertz CT molecular complexity index is 402. The van der Waals surface area contributed by atoms with E-state index in [0.717, 1.165) is 12.3 Å². The molecule has 2 rings (SSSR count). The van der Waals surface area contributed by atoms with Crippen molar-refractivity contribution >= 4 is 29.0 Å². The van der Waals surface area contributed by atoms with Gasteiger partial charge in [-0.15, -0.1) is 0 Å². The van der Waals surface area contributed by atoms with E-state index in [9.17, 15) is 4.79 Å². The van der Waals surface area contributed by atoms with Crippen LogP contribution in [-0.2, 0) is 0 Å². The third-order valence-corrected chi connectivity index (χ3v) is 4.13. The number of hydrogen-bond donors (Lipinski definition) is 0. The topological polar surface area (TPSA) is 17.1 Å². The van der Waals surface area contributed by atoms with E-state index in [-0.39, 0.29) is 5.78 Å². The Kier molecular flexibility index (Phi) is 5.08. The molecule has 1 aromatic carbocycles. The summed E-state index contributed by atoms with van der Waals surface area (Å²) in [6.07, 6.45) is 8.18. The molecular formula is C15H18Cl2O. The zero-order valence-corrected chi connectivity index (χ0v) is 11.9. The van der Waals surface area contributed by atoms with E-state index in [1.807, 2.05) is 0 Å². The number of Topliss-reactive ketones (excluding diaryl/α,β-unsaturated/α-hetero) is 1. The van der Waals surface area contributed by atoms with Gasteiger partial charge >= 0.3 is 0 Å². The zero-order chi connectivity index (χ0) is 13.0. The van der Waals surface area contributed by atoms with E-state index >= 15 is 0 Å².